The standard InChI is InChI=1S/C14H18O4/c1-2-3-4-5-6-12(16)14(18)11-8-7-10(15)9-13(11)17/h7-9,15,17H,2-6H2,1H3. The Morgan fingerprint density at radius 1 is 1.11 bits per heavy atom. The average Bonchev–Trinajstić information content (AvgIpc) is 2.33. The first-order chi connectivity index (χ1) is 8.56. The van der Waals surface area contributed by atoms with Crippen molar-refractivity contribution in [2.24, 2.45) is 0 Å². The third-order valence-electron chi connectivity index (χ3n) is 2.74. The highest BCUT2D eigenvalue weighted by Crippen LogP contribution is 2.23. The van der Waals surface area contributed by atoms with Crippen molar-refractivity contribution in [2.75, 3.05) is 0 Å². The topological polar surface area (TPSA) is 74.6 Å². The third kappa shape index (κ3) is 3.87. The Balaban J connectivity index is 2.60. The van der Waals surface area contributed by atoms with Gasteiger partial charge in [0, 0.05) is 12.5 Å². The molecule has 0 spiro atoms. The molecule has 0 saturated heterocycles. The lowest BCUT2D eigenvalue weighted by Crippen LogP contribution is -2.14. The summed E-state index contributed by atoms with van der Waals surface area (Å²) < 4.78 is 0. The van der Waals surface area contributed by atoms with E-state index in [0.29, 0.717) is 6.42 Å². The van der Waals surface area contributed by atoms with E-state index in [2.05, 4.69) is 6.92 Å². The van der Waals surface area contributed by atoms with E-state index in [1.807, 2.05) is 0 Å². The van der Waals surface area contributed by atoms with Crippen LogP contribution in [0.5, 0.6) is 11.5 Å². The van der Waals surface area contributed by atoms with Crippen molar-refractivity contribution in [3.05, 3.63) is 23.8 Å². The van der Waals surface area contributed by atoms with Crippen molar-refractivity contribution in [1.29, 1.82) is 0 Å². The Hall–Kier alpha value is -1.84. The van der Waals surface area contributed by atoms with E-state index >= 15 is 0 Å². The summed E-state index contributed by atoms with van der Waals surface area (Å²) in [5.74, 6) is -1.68. The van der Waals surface area contributed by atoms with E-state index in [1.54, 1.807) is 0 Å². The van der Waals surface area contributed by atoms with Gasteiger partial charge in [0.2, 0.25) is 11.6 Å². The number of unbranched alkanes of at least 4 members (excludes halogenated alkanes) is 3. The molecular formula is C14H18O4. The Labute approximate surface area is 106 Å². The lowest BCUT2D eigenvalue weighted by atomic mass is 10.0. The van der Waals surface area contributed by atoms with Crippen LogP contribution in [0, 0.1) is 0 Å². The Morgan fingerprint density at radius 3 is 2.44 bits per heavy atom. The van der Waals surface area contributed by atoms with Gasteiger partial charge in [-0.2, -0.15) is 0 Å². The minimum Gasteiger partial charge on any atom is -0.508 e. The van der Waals surface area contributed by atoms with Gasteiger partial charge < -0.3 is 10.2 Å². The minimum absolute atomic E-state index is 0.0479. The highest BCUT2D eigenvalue weighted by molar-refractivity contribution is 6.44. The zero-order valence-corrected chi connectivity index (χ0v) is 10.5. The van der Waals surface area contributed by atoms with Gasteiger partial charge in [0.05, 0.1) is 5.56 Å². The Bertz CT molecular complexity index is 437. The molecule has 0 aliphatic rings. The molecule has 0 saturated carbocycles. The number of rotatable bonds is 7. The molecule has 0 fully saturated rings. The van der Waals surface area contributed by atoms with Gasteiger partial charge in [-0.15, -0.1) is 0 Å². The van der Waals surface area contributed by atoms with Gasteiger partial charge >= 0.3 is 0 Å². The fraction of sp³-hybridized carbons (Fsp3) is 0.429. The van der Waals surface area contributed by atoms with Crippen LogP contribution in [0.15, 0.2) is 18.2 Å². The first kappa shape index (κ1) is 14.2. The fourth-order valence-corrected chi connectivity index (χ4v) is 1.69. The summed E-state index contributed by atoms with van der Waals surface area (Å²) in [5, 5.41) is 18.6. The van der Waals surface area contributed by atoms with Crippen LogP contribution >= 0.6 is 0 Å². The molecule has 0 bridgehead atoms. The van der Waals surface area contributed by atoms with Crippen LogP contribution < -0.4 is 0 Å². The lowest BCUT2D eigenvalue weighted by Gasteiger charge is -2.03. The van der Waals surface area contributed by atoms with E-state index in [9.17, 15) is 14.7 Å². The first-order valence-electron chi connectivity index (χ1n) is 6.15. The smallest absolute Gasteiger partial charge is 0.232 e. The number of aromatic hydroxyl groups is 2. The van der Waals surface area contributed by atoms with Gasteiger partial charge in [-0.05, 0) is 18.6 Å². The average molecular weight is 250 g/mol. The molecule has 1 rings (SSSR count). The Morgan fingerprint density at radius 2 is 1.83 bits per heavy atom. The number of ketones is 2. The van der Waals surface area contributed by atoms with Crippen LogP contribution in [0.1, 0.15) is 49.4 Å². The molecule has 1 aromatic carbocycles. The number of phenolic OH excluding ortho intramolecular Hbond substituents is 2. The van der Waals surface area contributed by atoms with Crippen LogP contribution in [-0.4, -0.2) is 21.8 Å². The molecule has 4 heteroatoms. The molecule has 4 nitrogen and oxygen atoms in total. The maximum atomic E-state index is 11.7. The maximum absolute atomic E-state index is 11.7. The van der Waals surface area contributed by atoms with Gasteiger partial charge in [-0.25, -0.2) is 0 Å². The summed E-state index contributed by atoms with van der Waals surface area (Å²) in [6, 6.07) is 3.59. The molecular weight excluding hydrogens is 232 g/mol. The quantitative estimate of drug-likeness (QED) is 0.443. The first-order valence-corrected chi connectivity index (χ1v) is 6.15. The molecule has 0 aliphatic heterocycles. The number of carbonyl (C=O) groups excluding carboxylic acids is 2. The van der Waals surface area contributed by atoms with Crippen LogP contribution in [0.3, 0.4) is 0 Å². The molecule has 0 unspecified atom stereocenters. The zero-order valence-electron chi connectivity index (χ0n) is 10.5. The van der Waals surface area contributed by atoms with Gasteiger partial charge in [0.15, 0.2) is 0 Å². The fourth-order valence-electron chi connectivity index (χ4n) is 1.69. The zero-order chi connectivity index (χ0) is 13.5. The molecule has 0 heterocycles. The molecule has 0 radical (unpaired) electrons. The molecule has 0 atom stereocenters. The van der Waals surface area contributed by atoms with Crippen LogP contribution in [0.4, 0.5) is 0 Å². The van der Waals surface area contributed by atoms with E-state index in [4.69, 9.17) is 5.11 Å². The second-order valence-electron chi connectivity index (χ2n) is 4.26. The van der Waals surface area contributed by atoms with Crippen LogP contribution in [-0.2, 0) is 4.79 Å². The van der Waals surface area contributed by atoms with Crippen molar-refractivity contribution < 1.29 is 19.8 Å². The third-order valence-corrected chi connectivity index (χ3v) is 2.74. The highest BCUT2D eigenvalue weighted by Gasteiger charge is 2.19. The number of carbonyl (C=O) groups is 2. The van der Waals surface area contributed by atoms with Crippen LogP contribution in [0.25, 0.3) is 0 Å². The molecule has 1 aromatic rings. The van der Waals surface area contributed by atoms with Crippen molar-refractivity contribution in [2.45, 2.75) is 39.0 Å². The highest BCUT2D eigenvalue weighted by atomic mass is 16.3. The second-order valence-corrected chi connectivity index (χ2v) is 4.26. The number of hydrogen-bond acceptors (Lipinski definition) is 4. The largest absolute Gasteiger partial charge is 0.508 e. The summed E-state index contributed by atoms with van der Waals surface area (Å²) in [7, 11) is 0. The Kier molecular flexibility index (Phi) is 5.36. The van der Waals surface area contributed by atoms with Gasteiger partial charge in [-0.1, -0.05) is 26.2 Å². The molecule has 2 N–H and O–H groups in total. The predicted octanol–water partition coefficient (Wildman–Crippen LogP) is 2.82. The van der Waals surface area contributed by atoms with Crippen molar-refractivity contribution >= 4 is 11.6 Å². The van der Waals surface area contributed by atoms with Crippen LogP contribution in [0.2, 0.25) is 0 Å². The van der Waals surface area contributed by atoms with E-state index in [-0.39, 0.29) is 23.5 Å². The molecule has 18 heavy (non-hydrogen) atoms. The lowest BCUT2D eigenvalue weighted by molar-refractivity contribution is -0.115. The predicted molar refractivity (Wildman–Crippen MR) is 67.9 cm³/mol. The summed E-state index contributed by atoms with van der Waals surface area (Å²) in [5.41, 5.74) is -0.0479. The molecule has 0 amide bonds. The van der Waals surface area contributed by atoms with Gasteiger partial charge in [-0.3, -0.25) is 9.59 Å². The molecule has 0 aromatic heterocycles. The summed E-state index contributed by atoms with van der Waals surface area (Å²) in [6.45, 7) is 2.07. The monoisotopic (exact) mass is 250 g/mol. The number of Topliss-reactive ketones (excluding diaryl/α,β-unsaturated/α-hetero) is 2. The normalized spacial score (nSPS) is 10.3. The van der Waals surface area contributed by atoms with Gasteiger partial charge in [0.1, 0.15) is 11.5 Å². The van der Waals surface area contributed by atoms with E-state index in [0.717, 1.165) is 25.3 Å². The SMILES string of the molecule is CCCCCCC(=O)C(=O)c1ccc(O)cc1O. The van der Waals surface area contributed by atoms with E-state index in [1.165, 1.54) is 12.1 Å². The maximum Gasteiger partial charge on any atom is 0.232 e. The summed E-state index contributed by atoms with van der Waals surface area (Å²) in [6.07, 6.45) is 3.94. The summed E-state index contributed by atoms with van der Waals surface area (Å²) >= 11 is 0. The molecule has 0 aliphatic carbocycles. The van der Waals surface area contributed by atoms with Gasteiger partial charge in [0.25, 0.3) is 0 Å². The second kappa shape index (κ2) is 6.79. The van der Waals surface area contributed by atoms with E-state index < -0.39 is 11.6 Å². The van der Waals surface area contributed by atoms with Crippen molar-refractivity contribution in [1.82, 2.24) is 0 Å². The number of hydrogen-bond donors (Lipinski definition) is 2. The number of benzene rings is 1. The van der Waals surface area contributed by atoms with Crippen molar-refractivity contribution in [3.8, 4) is 11.5 Å². The number of phenols is 2. The summed E-state index contributed by atoms with van der Waals surface area (Å²) in [4.78, 5) is 23.4. The minimum atomic E-state index is -0.691. The molecule has 98 valence electrons. The van der Waals surface area contributed by atoms with Crippen molar-refractivity contribution in [3.63, 3.8) is 0 Å².